The first-order chi connectivity index (χ1) is 8.19. The molecule has 0 radical (unpaired) electrons. The zero-order valence-electron chi connectivity index (χ0n) is 8.71. The Morgan fingerprint density at radius 1 is 1.35 bits per heavy atom. The Labute approximate surface area is 107 Å². The monoisotopic (exact) mass is 266 g/mol. The van der Waals surface area contributed by atoms with Gasteiger partial charge in [0.05, 0.1) is 10.7 Å². The maximum atomic E-state index is 13.0. The Morgan fingerprint density at radius 2 is 2.18 bits per heavy atom. The van der Waals surface area contributed by atoms with Crippen molar-refractivity contribution < 1.29 is 4.39 Å². The van der Waals surface area contributed by atoms with E-state index in [0.717, 1.165) is 4.88 Å². The SMILES string of the molecule is N#Cc1ccc(CNc2cc(F)ccc2Cl)s1. The number of nitrogens with zero attached hydrogens (tertiary/aromatic N) is 1. The van der Waals surface area contributed by atoms with E-state index in [4.69, 9.17) is 16.9 Å². The number of benzene rings is 1. The van der Waals surface area contributed by atoms with Crippen molar-refractivity contribution in [1.82, 2.24) is 0 Å². The maximum absolute atomic E-state index is 13.0. The lowest BCUT2D eigenvalue weighted by Gasteiger charge is -2.06. The van der Waals surface area contributed by atoms with Crippen LogP contribution >= 0.6 is 22.9 Å². The average Bonchev–Trinajstić information content (AvgIpc) is 2.78. The molecule has 0 fully saturated rings. The van der Waals surface area contributed by atoms with Crippen LogP contribution in [0.2, 0.25) is 5.02 Å². The minimum atomic E-state index is -0.333. The molecule has 1 N–H and O–H groups in total. The van der Waals surface area contributed by atoms with Gasteiger partial charge in [0.2, 0.25) is 0 Å². The van der Waals surface area contributed by atoms with E-state index in [1.807, 2.05) is 6.07 Å². The molecule has 0 amide bonds. The summed E-state index contributed by atoms with van der Waals surface area (Å²) in [4.78, 5) is 1.66. The fourth-order valence-corrected chi connectivity index (χ4v) is 2.28. The highest BCUT2D eigenvalue weighted by atomic mass is 35.5. The molecule has 0 aliphatic rings. The van der Waals surface area contributed by atoms with Crippen LogP contribution in [0, 0.1) is 17.1 Å². The highest BCUT2D eigenvalue weighted by molar-refractivity contribution is 7.12. The number of nitrogens with one attached hydrogen (secondary N) is 1. The number of rotatable bonds is 3. The van der Waals surface area contributed by atoms with Gasteiger partial charge in [-0.1, -0.05) is 11.6 Å². The number of anilines is 1. The van der Waals surface area contributed by atoms with Gasteiger partial charge in [0.1, 0.15) is 16.8 Å². The Hall–Kier alpha value is -1.57. The highest BCUT2D eigenvalue weighted by Gasteiger charge is 2.03. The molecular formula is C12H8ClFN2S. The first kappa shape index (κ1) is 11.9. The second kappa shape index (κ2) is 5.17. The molecule has 0 aliphatic carbocycles. The molecule has 0 atom stereocenters. The number of hydrogen-bond donors (Lipinski definition) is 1. The van der Waals surface area contributed by atoms with E-state index >= 15 is 0 Å². The van der Waals surface area contributed by atoms with Crippen LogP contribution in [-0.2, 0) is 6.54 Å². The van der Waals surface area contributed by atoms with Crippen LogP contribution in [0.25, 0.3) is 0 Å². The van der Waals surface area contributed by atoms with Crippen molar-refractivity contribution in [3.63, 3.8) is 0 Å². The third-order valence-corrected chi connectivity index (χ3v) is 3.47. The minimum Gasteiger partial charge on any atom is -0.379 e. The Balaban J connectivity index is 2.07. The van der Waals surface area contributed by atoms with Gasteiger partial charge in [0, 0.05) is 11.4 Å². The second-order valence-electron chi connectivity index (χ2n) is 3.36. The number of halogens is 2. The fraction of sp³-hybridized carbons (Fsp3) is 0.0833. The summed E-state index contributed by atoms with van der Waals surface area (Å²) in [7, 11) is 0. The second-order valence-corrected chi connectivity index (χ2v) is 4.93. The number of thiophene rings is 1. The molecule has 0 saturated heterocycles. The first-order valence-corrected chi connectivity index (χ1v) is 6.06. The van der Waals surface area contributed by atoms with Crippen molar-refractivity contribution in [3.05, 3.63) is 50.9 Å². The largest absolute Gasteiger partial charge is 0.379 e. The van der Waals surface area contributed by atoms with E-state index < -0.39 is 0 Å². The summed E-state index contributed by atoms with van der Waals surface area (Å²) in [5.41, 5.74) is 0.554. The molecule has 0 spiro atoms. The third kappa shape index (κ3) is 2.96. The van der Waals surface area contributed by atoms with E-state index in [1.165, 1.54) is 29.5 Å². The van der Waals surface area contributed by atoms with Gasteiger partial charge in [-0.05, 0) is 30.3 Å². The molecular weight excluding hydrogens is 259 g/mol. The van der Waals surface area contributed by atoms with Crippen LogP contribution in [0.4, 0.5) is 10.1 Å². The number of hydrogen-bond acceptors (Lipinski definition) is 3. The molecule has 86 valence electrons. The Bertz CT molecular complexity index is 574. The van der Waals surface area contributed by atoms with Crippen LogP contribution in [-0.4, -0.2) is 0 Å². The van der Waals surface area contributed by atoms with Gasteiger partial charge in [0.25, 0.3) is 0 Å². The van der Waals surface area contributed by atoms with E-state index in [2.05, 4.69) is 11.4 Å². The van der Waals surface area contributed by atoms with Crippen molar-refractivity contribution >= 4 is 28.6 Å². The Kier molecular flexibility index (Phi) is 3.62. The van der Waals surface area contributed by atoms with Gasteiger partial charge < -0.3 is 5.32 Å². The molecule has 1 aromatic carbocycles. The molecule has 0 bridgehead atoms. The predicted molar refractivity (Wildman–Crippen MR) is 67.8 cm³/mol. The molecule has 2 rings (SSSR count). The van der Waals surface area contributed by atoms with Crippen molar-refractivity contribution in [2.24, 2.45) is 0 Å². The molecule has 0 aliphatic heterocycles. The summed E-state index contributed by atoms with van der Waals surface area (Å²) in [6.07, 6.45) is 0. The van der Waals surface area contributed by atoms with Gasteiger partial charge >= 0.3 is 0 Å². The van der Waals surface area contributed by atoms with Gasteiger partial charge in [0.15, 0.2) is 0 Å². The summed E-state index contributed by atoms with van der Waals surface area (Å²) in [6, 6.07) is 9.86. The molecule has 1 heterocycles. The van der Waals surface area contributed by atoms with Gasteiger partial charge in [-0.3, -0.25) is 0 Å². The lowest BCUT2D eigenvalue weighted by molar-refractivity contribution is 0.628. The first-order valence-electron chi connectivity index (χ1n) is 4.87. The molecule has 2 aromatic rings. The van der Waals surface area contributed by atoms with E-state index in [9.17, 15) is 4.39 Å². The quantitative estimate of drug-likeness (QED) is 0.911. The standard InChI is InChI=1S/C12H8ClFN2S/c13-11-4-1-8(14)5-12(11)16-7-10-3-2-9(6-15)17-10/h1-5,16H,7H2. The molecule has 0 saturated carbocycles. The van der Waals surface area contributed by atoms with Gasteiger partial charge in [-0.2, -0.15) is 5.26 Å². The highest BCUT2D eigenvalue weighted by Crippen LogP contribution is 2.24. The lowest BCUT2D eigenvalue weighted by atomic mass is 10.3. The molecule has 17 heavy (non-hydrogen) atoms. The molecule has 2 nitrogen and oxygen atoms in total. The normalized spacial score (nSPS) is 9.94. The molecule has 1 aromatic heterocycles. The summed E-state index contributed by atoms with van der Waals surface area (Å²) in [6.45, 7) is 0.523. The predicted octanol–water partition coefficient (Wildman–Crippen LogP) is 4.02. The van der Waals surface area contributed by atoms with Crippen LogP contribution in [0.3, 0.4) is 0 Å². The van der Waals surface area contributed by atoms with Gasteiger partial charge in [-0.15, -0.1) is 11.3 Å². The average molecular weight is 267 g/mol. The lowest BCUT2D eigenvalue weighted by Crippen LogP contribution is -1.98. The van der Waals surface area contributed by atoms with Crippen molar-refractivity contribution in [2.75, 3.05) is 5.32 Å². The zero-order chi connectivity index (χ0) is 12.3. The van der Waals surface area contributed by atoms with Crippen molar-refractivity contribution in [3.8, 4) is 6.07 Å². The van der Waals surface area contributed by atoms with Crippen LogP contribution in [0.5, 0.6) is 0 Å². The van der Waals surface area contributed by atoms with Crippen LogP contribution in [0.15, 0.2) is 30.3 Å². The topological polar surface area (TPSA) is 35.8 Å². The molecule has 5 heteroatoms. The summed E-state index contributed by atoms with van der Waals surface area (Å²) < 4.78 is 13.0. The van der Waals surface area contributed by atoms with Crippen molar-refractivity contribution in [2.45, 2.75) is 6.54 Å². The van der Waals surface area contributed by atoms with E-state index in [-0.39, 0.29) is 5.82 Å². The zero-order valence-corrected chi connectivity index (χ0v) is 10.3. The van der Waals surface area contributed by atoms with Crippen molar-refractivity contribution in [1.29, 1.82) is 5.26 Å². The van der Waals surface area contributed by atoms with Crippen LogP contribution < -0.4 is 5.32 Å². The van der Waals surface area contributed by atoms with E-state index in [1.54, 1.807) is 6.07 Å². The fourth-order valence-electron chi connectivity index (χ4n) is 1.35. The van der Waals surface area contributed by atoms with Crippen LogP contribution in [0.1, 0.15) is 9.75 Å². The maximum Gasteiger partial charge on any atom is 0.125 e. The molecule has 0 unspecified atom stereocenters. The summed E-state index contributed by atoms with van der Waals surface area (Å²) >= 11 is 7.32. The van der Waals surface area contributed by atoms with Gasteiger partial charge in [-0.25, -0.2) is 4.39 Å². The minimum absolute atomic E-state index is 0.333. The number of nitriles is 1. The third-order valence-electron chi connectivity index (χ3n) is 2.15. The summed E-state index contributed by atoms with van der Waals surface area (Å²) in [5.74, 6) is -0.333. The Morgan fingerprint density at radius 3 is 2.88 bits per heavy atom. The smallest absolute Gasteiger partial charge is 0.125 e. The summed E-state index contributed by atoms with van der Waals surface area (Å²) in [5, 5.41) is 12.2. The van der Waals surface area contributed by atoms with E-state index in [0.29, 0.717) is 22.1 Å².